The van der Waals surface area contributed by atoms with E-state index < -0.39 is 5.92 Å². The second kappa shape index (κ2) is 2.44. The molecular weight excluding hydrogens is 154 g/mol. The third-order valence-corrected chi connectivity index (χ3v) is 1.97. The van der Waals surface area contributed by atoms with E-state index in [0.29, 0.717) is 6.29 Å². The molecule has 0 saturated carbocycles. The zero-order valence-electron chi connectivity index (χ0n) is 6.28. The Labute approximate surface area is 69.4 Å². The lowest BCUT2D eigenvalue weighted by molar-refractivity contribution is -0.121. The maximum absolute atomic E-state index is 11.1. The highest BCUT2D eigenvalue weighted by Gasteiger charge is 2.29. The van der Waals surface area contributed by atoms with E-state index in [1.54, 1.807) is 12.1 Å². The fourth-order valence-electron chi connectivity index (χ4n) is 1.37. The van der Waals surface area contributed by atoms with Crippen LogP contribution in [0.1, 0.15) is 11.5 Å². The Kier molecular flexibility index (Phi) is 1.43. The molecule has 0 spiro atoms. The lowest BCUT2D eigenvalue weighted by Gasteiger charge is -1.96. The number of hydrogen-bond donors (Lipinski definition) is 1. The number of amides is 1. The zero-order chi connectivity index (χ0) is 8.55. The zero-order valence-corrected chi connectivity index (χ0v) is 6.28. The van der Waals surface area contributed by atoms with Crippen LogP contribution in [0.3, 0.4) is 0 Å². The average Bonchev–Trinajstić information content (AvgIpc) is 2.40. The Bertz CT molecular complexity index is 346. The summed E-state index contributed by atoms with van der Waals surface area (Å²) >= 11 is 0. The molecule has 1 unspecified atom stereocenters. The van der Waals surface area contributed by atoms with Crippen molar-refractivity contribution in [3.8, 4) is 0 Å². The van der Waals surface area contributed by atoms with Crippen LogP contribution >= 0.6 is 0 Å². The van der Waals surface area contributed by atoms with Crippen LogP contribution in [0.5, 0.6) is 0 Å². The Morgan fingerprint density at radius 2 is 2.08 bits per heavy atom. The van der Waals surface area contributed by atoms with Crippen molar-refractivity contribution >= 4 is 17.9 Å². The molecule has 3 nitrogen and oxygen atoms in total. The van der Waals surface area contributed by atoms with Gasteiger partial charge in [-0.3, -0.25) is 4.79 Å². The Morgan fingerprint density at radius 3 is 2.83 bits per heavy atom. The van der Waals surface area contributed by atoms with Gasteiger partial charge in [-0.05, 0) is 11.6 Å². The summed E-state index contributed by atoms with van der Waals surface area (Å²) in [5.74, 6) is -0.840. The summed E-state index contributed by atoms with van der Waals surface area (Å²) in [6.45, 7) is 0. The van der Waals surface area contributed by atoms with Crippen LogP contribution in [0, 0.1) is 0 Å². The van der Waals surface area contributed by atoms with Crippen LogP contribution in [0.25, 0.3) is 0 Å². The molecule has 1 amide bonds. The summed E-state index contributed by atoms with van der Waals surface area (Å²) in [4.78, 5) is 21.6. The first-order valence-corrected chi connectivity index (χ1v) is 3.68. The maximum atomic E-state index is 11.1. The first-order chi connectivity index (χ1) is 5.83. The van der Waals surface area contributed by atoms with Crippen molar-refractivity contribution in [2.45, 2.75) is 5.92 Å². The van der Waals surface area contributed by atoms with E-state index in [9.17, 15) is 9.59 Å². The van der Waals surface area contributed by atoms with Gasteiger partial charge in [0.25, 0.3) is 0 Å². The Morgan fingerprint density at radius 1 is 1.33 bits per heavy atom. The number of fused-ring (bicyclic) bond motifs is 1. The number of nitrogens with one attached hydrogen (secondary N) is 1. The van der Waals surface area contributed by atoms with Crippen molar-refractivity contribution in [2.24, 2.45) is 0 Å². The third-order valence-electron chi connectivity index (χ3n) is 1.97. The monoisotopic (exact) mass is 161 g/mol. The predicted molar refractivity (Wildman–Crippen MR) is 43.9 cm³/mol. The Hall–Kier alpha value is -1.64. The molecule has 0 bridgehead atoms. The Balaban J connectivity index is 2.54. The van der Waals surface area contributed by atoms with Crippen molar-refractivity contribution in [2.75, 3.05) is 5.32 Å². The molecule has 0 saturated heterocycles. The number of rotatable bonds is 1. The summed E-state index contributed by atoms with van der Waals surface area (Å²) in [7, 11) is 0. The standard InChI is InChI=1S/C9H7NO2/c11-5-7-6-3-1-2-4-8(6)10-9(7)12/h1-5,7H,(H,10,12). The molecule has 1 aliphatic rings. The molecule has 0 fully saturated rings. The topological polar surface area (TPSA) is 46.2 Å². The van der Waals surface area contributed by atoms with Crippen LogP contribution in [-0.4, -0.2) is 12.2 Å². The van der Waals surface area contributed by atoms with Gasteiger partial charge in [-0.1, -0.05) is 18.2 Å². The van der Waals surface area contributed by atoms with Crippen LogP contribution in [0.2, 0.25) is 0 Å². The van der Waals surface area contributed by atoms with Crippen LogP contribution in [-0.2, 0) is 9.59 Å². The molecule has 1 heterocycles. The van der Waals surface area contributed by atoms with E-state index in [-0.39, 0.29) is 5.91 Å². The van der Waals surface area contributed by atoms with Crippen molar-refractivity contribution in [3.05, 3.63) is 29.8 Å². The van der Waals surface area contributed by atoms with Gasteiger partial charge in [0, 0.05) is 5.69 Å². The van der Waals surface area contributed by atoms with E-state index in [1.165, 1.54) is 0 Å². The van der Waals surface area contributed by atoms with Crippen LogP contribution in [0.4, 0.5) is 5.69 Å². The molecule has 1 N–H and O–H groups in total. The van der Waals surface area contributed by atoms with Crippen molar-refractivity contribution in [1.29, 1.82) is 0 Å². The number of anilines is 1. The molecule has 1 aromatic carbocycles. The number of carbonyl (C=O) groups excluding carboxylic acids is 2. The maximum Gasteiger partial charge on any atom is 0.239 e. The molecule has 12 heavy (non-hydrogen) atoms. The largest absolute Gasteiger partial charge is 0.325 e. The highest BCUT2D eigenvalue weighted by Crippen LogP contribution is 2.30. The summed E-state index contributed by atoms with van der Waals surface area (Å²) in [5, 5.41) is 2.63. The van der Waals surface area contributed by atoms with Gasteiger partial charge in [0.15, 0.2) is 0 Å². The molecule has 1 aromatic rings. The number of benzene rings is 1. The van der Waals surface area contributed by atoms with Crippen molar-refractivity contribution in [1.82, 2.24) is 0 Å². The summed E-state index contributed by atoms with van der Waals surface area (Å²) in [5.41, 5.74) is 1.53. The smallest absolute Gasteiger partial charge is 0.239 e. The lowest BCUT2D eigenvalue weighted by atomic mass is 10.0. The van der Waals surface area contributed by atoms with Crippen LogP contribution < -0.4 is 5.32 Å². The van der Waals surface area contributed by atoms with Gasteiger partial charge >= 0.3 is 0 Å². The normalized spacial score (nSPS) is 20.0. The van der Waals surface area contributed by atoms with E-state index >= 15 is 0 Å². The van der Waals surface area contributed by atoms with E-state index in [1.807, 2.05) is 12.1 Å². The van der Waals surface area contributed by atoms with Crippen LogP contribution in [0.15, 0.2) is 24.3 Å². The van der Waals surface area contributed by atoms with E-state index in [0.717, 1.165) is 11.3 Å². The average molecular weight is 161 g/mol. The fourth-order valence-corrected chi connectivity index (χ4v) is 1.37. The minimum atomic E-state index is -0.610. The van der Waals surface area contributed by atoms with Crippen molar-refractivity contribution < 1.29 is 9.59 Å². The molecule has 1 aliphatic heterocycles. The molecule has 1 atom stereocenters. The third kappa shape index (κ3) is 0.830. The van der Waals surface area contributed by atoms with Gasteiger partial charge in [-0.15, -0.1) is 0 Å². The highest BCUT2D eigenvalue weighted by atomic mass is 16.2. The second-order valence-corrected chi connectivity index (χ2v) is 2.69. The highest BCUT2D eigenvalue weighted by molar-refractivity contribution is 6.11. The van der Waals surface area contributed by atoms with Gasteiger partial charge in [-0.25, -0.2) is 0 Å². The second-order valence-electron chi connectivity index (χ2n) is 2.69. The molecule has 2 rings (SSSR count). The molecule has 60 valence electrons. The number of para-hydroxylation sites is 1. The van der Waals surface area contributed by atoms with E-state index in [4.69, 9.17) is 0 Å². The lowest BCUT2D eigenvalue weighted by Crippen LogP contribution is -2.12. The predicted octanol–water partition coefficient (Wildman–Crippen LogP) is 0.921. The summed E-state index contributed by atoms with van der Waals surface area (Å²) in [6.07, 6.45) is 0.668. The summed E-state index contributed by atoms with van der Waals surface area (Å²) < 4.78 is 0. The number of carbonyl (C=O) groups is 2. The minimum absolute atomic E-state index is 0.230. The molecule has 0 aliphatic carbocycles. The van der Waals surface area contributed by atoms with Crippen molar-refractivity contribution in [3.63, 3.8) is 0 Å². The van der Waals surface area contributed by atoms with Gasteiger partial charge in [0.2, 0.25) is 5.91 Å². The first-order valence-electron chi connectivity index (χ1n) is 3.68. The SMILES string of the molecule is O=CC1C(=O)Nc2ccccc21. The van der Waals surface area contributed by atoms with E-state index in [2.05, 4.69) is 5.32 Å². The van der Waals surface area contributed by atoms with Gasteiger partial charge in [-0.2, -0.15) is 0 Å². The molecule has 3 heteroatoms. The summed E-state index contributed by atoms with van der Waals surface area (Å²) in [6, 6.07) is 7.21. The first kappa shape index (κ1) is 7.03. The molecular formula is C9H7NO2. The molecule has 0 aromatic heterocycles. The number of aldehydes is 1. The fraction of sp³-hybridized carbons (Fsp3) is 0.111. The molecule has 0 radical (unpaired) electrons. The number of hydrogen-bond acceptors (Lipinski definition) is 2. The van der Waals surface area contributed by atoms with Gasteiger partial charge < -0.3 is 10.1 Å². The van der Waals surface area contributed by atoms with Gasteiger partial charge in [0.1, 0.15) is 12.2 Å². The van der Waals surface area contributed by atoms with Gasteiger partial charge in [0.05, 0.1) is 0 Å². The quantitative estimate of drug-likeness (QED) is 0.491. The minimum Gasteiger partial charge on any atom is -0.325 e.